The number of aryl methyl sites for hydroxylation is 1. The van der Waals surface area contributed by atoms with Crippen LogP contribution in [0.25, 0.3) is 0 Å². The molecule has 3 rings (SSSR count). The van der Waals surface area contributed by atoms with Crippen LogP contribution in [0, 0.1) is 12.8 Å². The first-order chi connectivity index (χ1) is 13.9. The molecule has 0 bridgehead atoms. The fourth-order valence-corrected chi connectivity index (χ4v) is 2.68. The van der Waals surface area contributed by atoms with E-state index >= 15 is 0 Å². The van der Waals surface area contributed by atoms with Crippen LogP contribution in [0.3, 0.4) is 0 Å². The first-order valence-electron chi connectivity index (χ1n) is 9.62. The Bertz CT molecular complexity index is 866. The van der Waals surface area contributed by atoms with Crippen molar-refractivity contribution < 1.29 is 19.1 Å². The van der Waals surface area contributed by atoms with E-state index in [0.29, 0.717) is 29.7 Å². The van der Waals surface area contributed by atoms with Crippen LogP contribution in [-0.2, 0) is 16.1 Å². The van der Waals surface area contributed by atoms with E-state index in [-0.39, 0.29) is 5.91 Å². The van der Waals surface area contributed by atoms with Crippen molar-refractivity contribution in [1.29, 1.82) is 0 Å². The van der Waals surface area contributed by atoms with Crippen molar-refractivity contribution in [2.45, 2.75) is 39.4 Å². The van der Waals surface area contributed by atoms with Gasteiger partial charge in [-0.2, -0.15) is 0 Å². The topological polar surface area (TPSA) is 76.7 Å². The molecule has 1 fully saturated rings. The van der Waals surface area contributed by atoms with Crippen LogP contribution < -0.4 is 15.6 Å². The number of hydrogen-bond donors (Lipinski definition) is 2. The molecular weight excluding hydrogens is 392 g/mol. The van der Waals surface area contributed by atoms with E-state index in [0.717, 1.165) is 29.7 Å². The molecule has 1 saturated carbocycles. The molecule has 1 unspecified atom stereocenters. The van der Waals surface area contributed by atoms with Gasteiger partial charge in [0.15, 0.2) is 0 Å². The summed E-state index contributed by atoms with van der Waals surface area (Å²) in [6, 6.07) is 12.5. The largest absolute Gasteiger partial charge is 0.489 e. The molecular formula is C22H25ClN2O4. The Hall–Kier alpha value is -2.57. The smallest absolute Gasteiger partial charge is 0.269 e. The highest BCUT2D eigenvalue weighted by atomic mass is 35.5. The Morgan fingerprint density at radius 3 is 2.52 bits per heavy atom. The summed E-state index contributed by atoms with van der Waals surface area (Å²) in [4.78, 5) is 24.2. The Balaban J connectivity index is 1.44. The van der Waals surface area contributed by atoms with Gasteiger partial charge in [-0.3, -0.25) is 20.4 Å². The van der Waals surface area contributed by atoms with Crippen LogP contribution in [0.5, 0.6) is 5.75 Å². The van der Waals surface area contributed by atoms with Gasteiger partial charge in [-0.05, 0) is 74.1 Å². The van der Waals surface area contributed by atoms with Gasteiger partial charge < -0.3 is 9.47 Å². The summed E-state index contributed by atoms with van der Waals surface area (Å²) in [5, 5.41) is 0.698. The highest BCUT2D eigenvalue weighted by Crippen LogP contribution is 2.29. The number of amides is 2. The van der Waals surface area contributed by atoms with Crippen molar-refractivity contribution in [1.82, 2.24) is 10.9 Å². The normalized spacial score (nSPS) is 14.2. The molecule has 0 heterocycles. The van der Waals surface area contributed by atoms with Crippen LogP contribution in [0.15, 0.2) is 42.5 Å². The fourth-order valence-electron chi connectivity index (χ4n) is 2.56. The van der Waals surface area contributed by atoms with Crippen molar-refractivity contribution >= 4 is 23.4 Å². The first kappa shape index (κ1) is 21.1. The molecule has 0 radical (unpaired) electrons. The standard InChI is InChI=1S/C22H25ClN2O4/c1-14-11-19(9-10-20(14)23)29-13-17-5-7-18(8-6-17)22(27)25-24-21(26)15(2)28-12-16-3-4-16/h5-11,15-16H,3-4,12-13H2,1-2H3,(H,24,26)(H,25,27). The quantitative estimate of drug-likeness (QED) is 0.641. The van der Waals surface area contributed by atoms with E-state index in [4.69, 9.17) is 21.1 Å². The van der Waals surface area contributed by atoms with E-state index in [1.807, 2.05) is 19.1 Å². The number of halogens is 1. The van der Waals surface area contributed by atoms with Crippen LogP contribution in [0.1, 0.15) is 41.3 Å². The second-order valence-electron chi connectivity index (χ2n) is 7.26. The molecule has 154 valence electrons. The minimum absolute atomic E-state index is 0.371. The molecule has 7 heteroatoms. The van der Waals surface area contributed by atoms with Gasteiger partial charge in [0.25, 0.3) is 11.8 Å². The molecule has 0 spiro atoms. The van der Waals surface area contributed by atoms with Gasteiger partial charge in [0.2, 0.25) is 0 Å². The van der Waals surface area contributed by atoms with Gasteiger partial charge in [-0.25, -0.2) is 0 Å². The predicted molar refractivity (Wildman–Crippen MR) is 111 cm³/mol. The zero-order valence-corrected chi connectivity index (χ0v) is 17.3. The van der Waals surface area contributed by atoms with Crippen LogP contribution in [-0.4, -0.2) is 24.5 Å². The molecule has 2 aromatic rings. The zero-order chi connectivity index (χ0) is 20.8. The molecule has 2 amide bonds. The van der Waals surface area contributed by atoms with Crippen molar-refractivity contribution in [3.8, 4) is 5.75 Å². The summed E-state index contributed by atoms with van der Waals surface area (Å²) >= 11 is 6.01. The lowest BCUT2D eigenvalue weighted by molar-refractivity contribution is -0.132. The number of nitrogens with one attached hydrogen (secondary N) is 2. The number of carbonyl (C=O) groups excluding carboxylic acids is 2. The highest BCUT2D eigenvalue weighted by molar-refractivity contribution is 6.31. The van der Waals surface area contributed by atoms with Crippen LogP contribution >= 0.6 is 11.6 Å². The van der Waals surface area contributed by atoms with Crippen molar-refractivity contribution in [2.75, 3.05) is 6.61 Å². The number of carbonyl (C=O) groups is 2. The Morgan fingerprint density at radius 1 is 1.14 bits per heavy atom. The highest BCUT2D eigenvalue weighted by Gasteiger charge is 2.24. The molecule has 6 nitrogen and oxygen atoms in total. The number of rotatable bonds is 8. The third-order valence-corrected chi connectivity index (χ3v) is 5.12. The molecule has 1 atom stereocenters. The number of hydrogen-bond acceptors (Lipinski definition) is 4. The lowest BCUT2D eigenvalue weighted by Gasteiger charge is -2.14. The van der Waals surface area contributed by atoms with Gasteiger partial charge in [-0.15, -0.1) is 0 Å². The van der Waals surface area contributed by atoms with Crippen molar-refractivity contribution in [3.63, 3.8) is 0 Å². The summed E-state index contributed by atoms with van der Waals surface area (Å²) in [6.07, 6.45) is 1.71. The van der Waals surface area contributed by atoms with E-state index in [2.05, 4.69) is 10.9 Å². The zero-order valence-electron chi connectivity index (χ0n) is 16.5. The third kappa shape index (κ3) is 6.48. The Morgan fingerprint density at radius 2 is 1.86 bits per heavy atom. The molecule has 0 aromatic heterocycles. The predicted octanol–water partition coefficient (Wildman–Crippen LogP) is 3.80. The number of ether oxygens (including phenoxy) is 2. The van der Waals surface area contributed by atoms with E-state index in [1.54, 1.807) is 37.3 Å². The molecule has 1 aliphatic carbocycles. The average molecular weight is 417 g/mol. The van der Waals surface area contributed by atoms with Gasteiger partial charge in [0.05, 0.1) is 6.61 Å². The van der Waals surface area contributed by atoms with Crippen molar-refractivity contribution in [2.24, 2.45) is 5.92 Å². The maximum Gasteiger partial charge on any atom is 0.269 e. The van der Waals surface area contributed by atoms with Crippen LogP contribution in [0.2, 0.25) is 5.02 Å². The molecule has 29 heavy (non-hydrogen) atoms. The molecule has 2 N–H and O–H groups in total. The monoisotopic (exact) mass is 416 g/mol. The third-order valence-electron chi connectivity index (χ3n) is 4.70. The Kier molecular flexibility index (Phi) is 7.12. The summed E-state index contributed by atoms with van der Waals surface area (Å²) in [6.45, 7) is 4.54. The number of benzene rings is 2. The minimum Gasteiger partial charge on any atom is -0.489 e. The first-order valence-corrected chi connectivity index (χ1v) is 10.00. The minimum atomic E-state index is -0.605. The van der Waals surface area contributed by atoms with E-state index in [1.165, 1.54) is 0 Å². The molecule has 0 saturated heterocycles. The average Bonchev–Trinajstić information content (AvgIpc) is 3.55. The Labute approximate surface area is 175 Å². The maximum atomic E-state index is 12.2. The van der Waals surface area contributed by atoms with Crippen molar-refractivity contribution in [3.05, 3.63) is 64.2 Å². The van der Waals surface area contributed by atoms with E-state index in [9.17, 15) is 9.59 Å². The maximum absolute atomic E-state index is 12.2. The molecule has 2 aromatic carbocycles. The fraction of sp³-hybridized carbons (Fsp3) is 0.364. The SMILES string of the molecule is Cc1cc(OCc2ccc(C(=O)NNC(=O)C(C)OCC3CC3)cc2)ccc1Cl. The van der Waals surface area contributed by atoms with Gasteiger partial charge in [0.1, 0.15) is 18.5 Å². The summed E-state index contributed by atoms with van der Waals surface area (Å²) < 4.78 is 11.2. The lowest BCUT2D eigenvalue weighted by atomic mass is 10.1. The molecule has 0 aliphatic heterocycles. The second kappa shape index (κ2) is 9.76. The number of hydrazine groups is 1. The van der Waals surface area contributed by atoms with E-state index < -0.39 is 12.0 Å². The van der Waals surface area contributed by atoms with Gasteiger partial charge in [0, 0.05) is 10.6 Å². The van der Waals surface area contributed by atoms with Crippen LogP contribution in [0.4, 0.5) is 0 Å². The summed E-state index contributed by atoms with van der Waals surface area (Å²) in [5.41, 5.74) is 7.11. The summed E-state index contributed by atoms with van der Waals surface area (Å²) in [5.74, 6) is 0.538. The molecule has 1 aliphatic rings. The van der Waals surface area contributed by atoms with Gasteiger partial charge in [-0.1, -0.05) is 23.7 Å². The summed E-state index contributed by atoms with van der Waals surface area (Å²) in [7, 11) is 0. The van der Waals surface area contributed by atoms with Gasteiger partial charge >= 0.3 is 0 Å². The second-order valence-corrected chi connectivity index (χ2v) is 7.67. The lowest BCUT2D eigenvalue weighted by Crippen LogP contribution is -2.46.